The third-order valence-corrected chi connectivity index (χ3v) is 5.18. The van der Waals surface area contributed by atoms with Gasteiger partial charge in [-0.2, -0.15) is 0 Å². The first kappa shape index (κ1) is 14.6. The van der Waals surface area contributed by atoms with Gasteiger partial charge in [-0.25, -0.2) is 0 Å². The van der Waals surface area contributed by atoms with Crippen LogP contribution < -0.4 is 0 Å². The molecule has 0 unspecified atom stereocenters. The van der Waals surface area contributed by atoms with Crippen molar-refractivity contribution in [1.82, 2.24) is 4.98 Å². The van der Waals surface area contributed by atoms with Crippen LogP contribution in [0.15, 0.2) is 54.7 Å². The number of hydrogen-bond donors (Lipinski definition) is 2. The predicted octanol–water partition coefficient (Wildman–Crippen LogP) is 2.86. The van der Waals surface area contributed by atoms with Crippen LogP contribution in [0.1, 0.15) is 5.56 Å². The van der Waals surface area contributed by atoms with Crippen molar-refractivity contribution in [3.05, 3.63) is 60.3 Å². The van der Waals surface area contributed by atoms with Gasteiger partial charge in [-0.3, -0.25) is 4.79 Å². The number of aromatic amines is 1. The van der Waals surface area contributed by atoms with E-state index in [0.29, 0.717) is 6.42 Å². The summed E-state index contributed by atoms with van der Waals surface area (Å²) in [6.45, 7) is 0. The zero-order valence-electron chi connectivity index (χ0n) is 12.5. The van der Waals surface area contributed by atoms with Crippen molar-refractivity contribution in [3.8, 4) is 11.1 Å². The van der Waals surface area contributed by atoms with Gasteiger partial charge in [0.15, 0.2) is 0 Å². The minimum absolute atomic E-state index is 0.272. The predicted molar refractivity (Wildman–Crippen MR) is 93.3 cm³/mol. The van der Waals surface area contributed by atoms with Gasteiger partial charge in [-0.1, -0.05) is 54.6 Å². The average Bonchev–Trinajstić information content (AvgIpc) is 2.96. The van der Waals surface area contributed by atoms with Crippen LogP contribution in [-0.2, 0) is 11.2 Å². The van der Waals surface area contributed by atoms with E-state index in [-0.39, 0.29) is 5.92 Å². The van der Waals surface area contributed by atoms with Gasteiger partial charge in [-0.15, -0.1) is 0 Å². The normalized spacial score (nSPS) is 12.5. The number of aromatic nitrogens is 1. The van der Waals surface area contributed by atoms with Crippen molar-refractivity contribution >= 4 is 27.1 Å². The van der Waals surface area contributed by atoms with Crippen molar-refractivity contribution in [2.45, 2.75) is 12.5 Å². The van der Waals surface area contributed by atoms with Crippen molar-refractivity contribution in [2.24, 2.45) is 5.92 Å². The molecule has 2 aromatic carbocycles. The minimum Gasteiger partial charge on any atom is -0.481 e. The molecule has 0 aliphatic heterocycles. The molecule has 112 valence electrons. The molecule has 1 aromatic heterocycles. The van der Waals surface area contributed by atoms with Crippen LogP contribution in [0.25, 0.3) is 22.0 Å². The molecule has 2 N–H and O–H groups in total. The maximum absolute atomic E-state index is 11.3. The van der Waals surface area contributed by atoms with Gasteiger partial charge in [0, 0.05) is 27.4 Å². The molecule has 0 amide bonds. The van der Waals surface area contributed by atoms with Crippen molar-refractivity contribution in [3.63, 3.8) is 0 Å². The van der Waals surface area contributed by atoms with Crippen LogP contribution in [0.4, 0.5) is 0 Å². The van der Waals surface area contributed by atoms with Gasteiger partial charge >= 0.3 is 5.97 Å². The lowest BCUT2D eigenvalue weighted by atomic mass is 9.98. The summed E-state index contributed by atoms with van der Waals surface area (Å²) >= 11 is 0. The van der Waals surface area contributed by atoms with E-state index in [1.54, 1.807) is 0 Å². The number of hydrogen-bond acceptors (Lipinski definition) is 1. The standard InChI is InChI=1S/C18H19NO2Si/c20-18(21)14(11-22)9-13-10-19-17-15(7-4-8-16(13)17)12-5-2-1-3-6-12/h1-8,10,14,19H,9,11H2,22H3,(H,20,21)/t14-/m1/s1. The Labute approximate surface area is 132 Å². The highest BCUT2D eigenvalue weighted by Crippen LogP contribution is 2.30. The van der Waals surface area contributed by atoms with Gasteiger partial charge in [-0.05, 0) is 17.5 Å². The van der Waals surface area contributed by atoms with E-state index < -0.39 is 5.97 Å². The fourth-order valence-electron chi connectivity index (χ4n) is 2.91. The lowest BCUT2D eigenvalue weighted by molar-refractivity contribution is -0.141. The minimum atomic E-state index is -0.691. The second-order valence-electron chi connectivity index (χ2n) is 5.56. The Bertz CT molecular complexity index is 795. The van der Waals surface area contributed by atoms with E-state index in [9.17, 15) is 9.90 Å². The van der Waals surface area contributed by atoms with E-state index in [2.05, 4.69) is 29.2 Å². The molecule has 22 heavy (non-hydrogen) atoms. The molecule has 3 aromatic rings. The maximum Gasteiger partial charge on any atom is 0.306 e. The van der Waals surface area contributed by atoms with Crippen molar-refractivity contribution in [2.75, 3.05) is 0 Å². The summed E-state index contributed by atoms with van der Waals surface area (Å²) < 4.78 is 0. The molecule has 3 nitrogen and oxygen atoms in total. The first-order chi connectivity index (χ1) is 10.7. The number of fused-ring (bicyclic) bond motifs is 1. The third-order valence-electron chi connectivity index (χ3n) is 4.19. The molecule has 4 heteroatoms. The molecule has 0 bridgehead atoms. The van der Waals surface area contributed by atoms with Crippen molar-refractivity contribution in [1.29, 1.82) is 0 Å². The lowest BCUT2D eigenvalue weighted by Gasteiger charge is -2.09. The molecule has 3 rings (SSSR count). The number of para-hydroxylation sites is 1. The Morgan fingerprint density at radius 1 is 1.14 bits per heavy atom. The van der Waals surface area contributed by atoms with Gasteiger partial charge in [0.1, 0.15) is 0 Å². The Morgan fingerprint density at radius 2 is 1.91 bits per heavy atom. The summed E-state index contributed by atoms with van der Waals surface area (Å²) in [5.41, 5.74) is 4.50. The van der Waals surface area contributed by atoms with Gasteiger partial charge < -0.3 is 10.1 Å². The van der Waals surface area contributed by atoms with E-state index in [1.807, 2.05) is 30.5 Å². The second-order valence-corrected chi connectivity index (χ2v) is 6.37. The van der Waals surface area contributed by atoms with Crippen LogP contribution in [0.2, 0.25) is 6.04 Å². The summed E-state index contributed by atoms with van der Waals surface area (Å²) in [5.74, 6) is -0.963. The summed E-state index contributed by atoms with van der Waals surface area (Å²) in [7, 11) is 0.907. The summed E-state index contributed by atoms with van der Waals surface area (Å²) in [6.07, 6.45) is 2.56. The van der Waals surface area contributed by atoms with Gasteiger partial charge in [0.05, 0.1) is 11.4 Å². The van der Waals surface area contributed by atoms with Crippen LogP contribution in [0, 0.1) is 5.92 Å². The third kappa shape index (κ3) is 2.70. The molecule has 0 saturated carbocycles. The summed E-state index contributed by atoms with van der Waals surface area (Å²) in [6, 6.07) is 17.2. The molecule has 0 aliphatic carbocycles. The lowest BCUT2D eigenvalue weighted by Crippen LogP contribution is -2.15. The quantitative estimate of drug-likeness (QED) is 0.712. The Balaban J connectivity index is 2.04. The molecule has 0 fully saturated rings. The smallest absolute Gasteiger partial charge is 0.306 e. The molecule has 0 aliphatic rings. The van der Waals surface area contributed by atoms with Crippen LogP contribution in [0.5, 0.6) is 0 Å². The molecule has 1 heterocycles. The second kappa shape index (κ2) is 6.20. The molecule has 1 atom stereocenters. The highest BCUT2D eigenvalue weighted by Gasteiger charge is 2.18. The van der Waals surface area contributed by atoms with E-state index in [0.717, 1.165) is 38.3 Å². The molecular formula is C18H19NO2Si. The van der Waals surface area contributed by atoms with Crippen LogP contribution in [-0.4, -0.2) is 26.3 Å². The Morgan fingerprint density at radius 3 is 2.59 bits per heavy atom. The number of aliphatic carboxylic acids is 1. The monoisotopic (exact) mass is 309 g/mol. The highest BCUT2D eigenvalue weighted by molar-refractivity contribution is 6.10. The number of carbonyl (C=O) groups is 1. The van der Waals surface area contributed by atoms with Crippen LogP contribution in [0.3, 0.4) is 0 Å². The van der Waals surface area contributed by atoms with Crippen LogP contribution >= 0.6 is 0 Å². The summed E-state index contributed by atoms with van der Waals surface area (Å²) in [4.78, 5) is 14.6. The summed E-state index contributed by atoms with van der Waals surface area (Å²) in [5, 5.41) is 10.4. The Hall–Kier alpha value is -2.33. The zero-order valence-corrected chi connectivity index (χ0v) is 14.5. The van der Waals surface area contributed by atoms with E-state index in [1.165, 1.54) is 5.56 Å². The number of carboxylic acids is 1. The van der Waals surface area contributed by atoms with E-state index >= 15 is 0 Å². The fraction of sp³-hybridized carbons (Fsp3) is 0.167. The topological polar surface area (TPSA) is 53.1 Å². The number of rotatable bonds is 5. The zero-order chi connectivity index (χ0) is 15.5. The van der Waals surface area contributed by atoms with E-state index in [4.69, 9.17) is 0 Å². The highest BCUT2D eigenvalue weighted by atomic mass is 28.1. The number of carboxylic acid groups (broad SMARTS) is 1. The molecule has 0 radical (unpaired) electrons. The van der Waals surface area contributed by atoms with Gasteiger partial charge in [0.25, 0.3) is 0 Å². The number of H-pyrrole nitrogens is 1. The van der Waals surface area contributed by atoms with Crippen molar-refractivity contribution < 1.29 is 9.90 Å². The number of nitrogens with one attached hydrogen (secondary N) is 1. The first-order valence-corrected chi connectivity index (χ1v) is 8.99. The number of benzene rings is 2. The largest absolute Gasteiger partial charge is 0.481 e. The molecular weight excluding hydrogens is 290 g/mol. The van der Waals surface area contributed by atoms with Gasteiger partial charge in [0.2, 0.25) is 0 Å². The SMILES string of the molecule is O=C(O)[C@@H](C[SiH3])Cc1c[nH]c2c(-c3ccccc3)cccc12. The maximum atomic E-state index is 11.3. The fourth-order valence-corrected chi connectivity index (χ4v) is 3.55. The Kier molecular flexibility index (Phi) is 4.11. The first-order valence-electron chi connectivity index (χ1n) is 7.58. The molecule has 0 spiro atoms. The molecule has 0 saturated heterocycles. The average molecular weight is 309 g/mol.